The Morgan fingerprint density at radius 2 is 1.96 bits per heavy atom. The zero-order valence-electron chi connectivity index (χ0n) is 16.5. The van der Waals surface area contributed by atoms with Crippen LogP contribution >= 0.6 is 0 Å². The van der Waals surface area contributed by atoms with E-state index in [1.165, 1.54) is 16.7 Å². The van der Waals surface area contributed by atoms with Crippen LogP contribution in [-0.2, 0) is 16.0 Å². The smallest absolute Gasteiger partial charge is 0.225 e. The molecule has 0 aromatic heterocycles. The summed E-state index contributed by atoms with van der Waals surface area (Å²) >= 11 is 0. The van der Waals surface area contributed by atoms with Crippen LogP contribution in [0.4, 0.5) is 0 Å². The van der Waals surface area contributed by atoms with Gasteiger partial charge in [-0.25, -0.2) is 0 Å². The Bertz CT molecular complexity index is 872. The van der Waals surface area contributed by atoms with Gasteiger partial charge in [0.1, 0.15) is 0 Å². The lowest BCUT2D eigenvalue weighted by Gasteiger charge is -2.31. The van der Waals surface area contributed by atoms with Crippen LogP contribution in [0, 0.1) is 18.8 Å². The van der Waals surface area contributed by atoms with Gasteiger partial charge in [0, 0.05) is 25.6 Å². The lowest BCUT2D eigenvalue weighted by Crippen LogP contribution is -2.42. The topological polar surface area (TPSA) is 49.4 Å². The molecule has 0 radical (unpaired) electrons. The Hall–Kier alpha value is -2.62. The van der Waals surface area contributed by atoms with Crippen LogP contribution in [0.5, 0.6) is 0 Å². The third-order valence-corrected chi connectivity index (χ3v) is 6.12. The van der Waals surface area contributed by atoms with Crippen molar-refractivity contribution in [2.24, 2.45) is 11.8 Å². The first-order valence-corrected chi connectivity index (χ1v) is 10.3. The first-order chi connectivity index (χ1) is 13.6. The fraction of sp³-hybridized carbons (Fsp3) is 0.417. The standard InChI is InChI=1S/C24H28N2O2/c1-17-6-2-3-11-22(17)20-10-4-7-18(14-20)15-21-16-26(13-12-25-23(21)27)24(28)19-8-5-9-19/h2-4,6-7,10-11,14,19,21H,5,8-9,12-13,15-16H2,1H3,(H,25,27)/t21-/m0/s1. The fourth-order valence-electron chi connectivity index (χ4n) is 4.22. The average Bonchev–Trinajstić information content (AvgIpc) is 2.83. The normalized spacial score (nSPS) is 20.2. The third-order valence-electron chi connectivity index (χ3n) is 6.12. The molecule has 0 spiro atoms. The summed E-state index contributed by atoms with van der Waals surface area (Å²) in [6.45, 7) is 3.82. The van der Waals surface area contributed by atoms with Crippen molar-refractivity contribution in [2.45, 2.75) is 32.6 Å². The summed E-state index contributed by atoms with van der Waals surface area (Å²) in [6, 6.07) is 16.8. The summed E-state index contributed by atoms with van der Waals surface area (Å²) in [7, 11) is 0. The van der Waals surface area contributed by atoms with Crippen molar-refractivity contribution in [3.05, 3.63) is 59.7 Å². The Labute approximate surface area is 166 Å². The number of nitrogens with one attached hydrogen (secondary N) is 1. The van der Waals surface area contributed by atoms with E-state index in [9.17, 15) is 9.59 Å². The Kier molecular flexibility index (Phi) is 5.47. The summed E-state index contributed by atoms with van der Waals surface area (Å²) in [5.41, 5.74) is 4.77. The van der Waals surface area contributed by atoms with Crippen LogP contribution in [0.2, 0.25) is 0 Å². The molecule has 2 aromatic rings. The minimum absolute atomic E-state index is 0.0604. The molecule has 1 heterocycles. The number of nitrogens with zero attached hydrogens (tertiary/aromatic N) is 1. The van der Waals surface area contributed by atoms with Crippen LogP contribution in [0.15, 0.2) is 48.5 Å². The maximum Gasteiger partial charge on any atom is 0.225 e. The molecule has 4 heteroatoms. The van der Waals surface area contributed by atoms with Gasteiger partial charge in [0.15, 0.2) is 0 Å². The number of carbonyl (C=O) groups excluding carboxylic acids is 2. The molecule has 1 aliphatic carbocycles. The molecule has 2 aliphatic rings. The van der Waals surface area contributed by atoms with Crippen molar-refractivity contribution in [3.63, 3.8) is 0 Å². The quantitative estimate of drug-likeness (QED) is 0.887. The highest BCUT2D eigenvalue weighted by Gasteiger charge is 2.33. The van der Waals surface area contributed by atoms with Crippen LogP contribution in [0.25, 0.3) is 11.1 Å². The second kappa shape index (κ2) is 8.17. The summed E-state index contributed by atoms with van der Waals surface area (Å²) in [5, 5.41) is 3.00. The Morgan fingerprint density at radius 3 is 2.71 bits per heavy atom. The van der Waals surface area contributed by atoms with Crippen molar-refractivity contribution in [2.75, 3.05) is 19.6 Å². The van der Waals surface area contributed by atoms with Gasteiger partial charge >= 0.3 is 0 Å². The molecular formula is C24H28N2O2. The van der Waals surface area contributed by atoms with Crippen molar-refractivity contribution in [3.8, 4) is 11.1 Å². The fourth-order valence-corrected chi connectivity index (χ4v) is 4.22. The lowest BCUT2D eigenvalue weighted by atomic mass is 9.84. The molecular weight excluding hydrogens is 348 g/mol. The maximum atomic E-state index is 12.7. The Morgan fingerprint density at radius 1 is 1.14 bits per heavy atom. The molecule has 28 heavy (non-hydrogen) atoms. The Balaban J connectivity index is 1.52. The first kappa shape index (κ1) is 18.7. The monoisotopic (exact) mass is 376 g/mol. The van der Waals surface area contributed by atoms with Gasteiger partial charge in [0.25, 0.3) is 0 Å². The summed E-state index contributed by atoms with van der Waals surface area (Å²) < 4.78 is 0. The van der Waals surface area contributed by atoms with Crippen molar-refractivity contribution in [1.29, 1.82) is 0 Å². The van der Waals surface area contributed by atoms with Crippen molar-refractivity contribution < 1.29 is 9.59 Å². The molecule has 2 fully saturated rings. The van der Waals surface area contributed by atoms with Gasteiger partial charge in [-0.05, 0) is 48.4 Å². The van der Waals surface area contributed by atoms with E-state index in [1.54, 1.807) is 0 Å². The van der Waals surface area contributed by atoms with E-state index in [-0.39, 0.29) is 23.7 Å². The highest BCUT2D eigenvalue weighted by molar-refractivity contribution is 5.83. The SMILES string of the molecule is Cc1ccccc1-c1cccc(C[C@H]2CN(C(=O)C3CCC3)CCNC2=O)c1. The number of amides is 2. The minimum atomic E-state index is -0.196. The van der Waals surface area contributed by atoms with E-state index in [0.717, 1.165) is 24.8 Å². The molecule has 2 amide bonds. The van der Waals surface area contributed by atoms with Crippen LogP contribution in [0.3, 0.4) is 0 Å². The molecule has 0 bridgehead atoms. The summed E-state index contributed by atoms with van der Waals surface area (Å²) in [4.78, 5) is 27.2. The van der Waals surface area contributed by atoms with Gasteiger partial charge in [0.2, 0.25) is 11.8 Å². The number of benzene rings is 2. The van der Waals surface area contributed by atoms with E-state index in [1.807, 2.05) is 11.0 Å². The number of aryl methyl sites for hydroxylation is 1. The van der Waals surface area contributed by atoms with Crippen molar-refractivity contribution >= 4 is 11.8 Å². The predicted molar refractivity (Wildman–Crippen MR) is 111 cm³/mol. The van der Waals surface area contributed by atoms with Crippen LogP contribution in [-0.4, -0.2) is 36.3 Å². The zero-order valence-corrected chi connectivity index (χ0v) is 16.5. The van der Waals surface area contributed by atoms with E-state index in [0.29, 0.717) is 26.1 Å². The molecule has 1 aliphatic heterocycles. The van der Waals surface area contributed by atoms with E-state index < -0.39 is 0 Å². The number of hydrogen-bond donors (Lipinski definition) is 1. The molecule has 1 atom stereocenters. The molecule has 146 valence electrons. The highest BCUT2D eigenvalue weighted by Crippen LogP contribution is 2.29. The number of rotatable bonds is 4. The maximum absolute atomic E-state index is 12.7. The van der Waals surface area contributed by atoms with Gasteiger partial charge < -0.3 is 10.2 Å². The molecule has 1 saturated heterocycles. The molecule has 1 saturated carbocycles. The zero-order chi connectivity index (χ0) is 19.5. The van der Waals surface area contributed by atoms with Gasteiger partial charge in [-0.15, -0.1) is 0 Å². The summed E-state index contributed by atoms with van der Waals surface area (Å²) in [6.07, 6.45) is 3.80. The second-order valence-electron chi connectivity index (χ2n) is 8.12. The largest absolute Gasteiger partial charge is 0.354 e. The average molecular weight is 377 g/mol. The van der Waals surface area contributed by atoms with E-state index in [2.05, 4.69) is 54.7 Å². The molecule has 0 unspecified atom stereocenters. The van der Waals surface area contributed by atoms with Gasteiger partial charge in [-0.1, -0.05) is 55.0 Å². The summed E-state index contributed by atoms with van der Waals surface area (Å²) in [5.74, 6) is 0.281. The number of carbonyl (C=O) groups is 2. The van der Waals surface area contributed by atoms with E-state index in [4.69, 9.17) is 0 Å². The van der Waals surface area contributed by atoms with E-state index >= 15 is 0 Å². The molecule has 4 rings (SSSR count). The molecule has 1 N–H and O–H groups in total. The van der Waals surface area contributed by atoms with Crippen LogP contribution in [0.1, 0.15) is 30.4 Å². The third kappa shape index (κ3) is 3.96. The highest BCUT2D eigenvalue weighted by atomic mass is 16.2. The van der Waals surface area contributed by atoms with Crippen molar-refractivity contribution in [1.82, 2.24) is 10.2 Å². The predicted octanol–water partition coefficient (Wildman–Crippen LogP) is 3.58. The molecule has 4 nitrogen and oxygen atoms in total. The molecule has 2 aromatic carbocycles. The van der Waals surface area contributed by atoms with Crippen LogP contribution < -0.4 is 5.32 Å². The van der Waals surface area contributed by atoms with Gasteiger partial charge in [0.05, 0.1) is 5.92 Å². The number of hydrogen-bond acceptors (Lipinski definition) is 2. The lowest BCUT2D eigenvalue weighted by molar-refractivity contribution is -0.138. The van der Waals surface area contributed by atoms with Gasteiger partial charge in [-0.2, -0.15) is 0 Å². The van der Waals surface area contributed by atoms with Gasteiger partial charge in [-0.3, -0.25) is 9.59 Å². The minimum Gasteiger partial charge on any atom is -0.354 e. The second-order valence-corrected chi connectivity index (χ2v) is 8.12. The first-order valence-electron chi connectivity index (χ1n) is 10.3.